The van der Waals surface area contributed by atoms with Gasteiger partial charge in [0.25, 0.3) is 10.0 Å². The molecule has 1 heterocycles. The molecule has 0 atom stereocenters. The number of hydrogen-bond acceptors (Lipinski definition) is 4. The van der Waals surface area contributed by atoms with Crippen molar-refractivity contribution in [1.29, 1.82) is 0 Å². The van der Waals surface area contributed by atoms with Gasteiger partial charge in [-0.3, -0.25) is 4.31 Å². The first-order valence-electron chi connectivity index (χ1n) is 5.38. The maximum atomic E-state index is 12.4. The molecule has 0 aliphatic heterocycles. The molecule has 0 aliphatic rings. The van der Waals surface area contributed by atoms with Crippen molar-refractivity contribution in [3.63, 3.8) is 0 Å². The first-order valence-corrected chi connectivity index (χ1v) is 7.61. The molecule has 1 aromatic carbocycles. The standard InChI is InChI=1S/C11H13BrN4O2S/c1-7-14-6-11(15-7)19(17,18)16(2)10-4-3-8(12)5-9(10)13/h3-6H,13H2,1-2H3,(H,14,15). The van der Waals surface area contributed by atoms with Crippen LogP contribution in [0.25, 0.3) is 0 Å². The second-order valence-corrected chi connectivity index (χ2v) is 6.86. The van der Waals surface area contributed by atoms with Crippen LogP contribution in [0.2, 0.25) is 0 Å². The van der Waals surface area contributed by atoms with Gasteiger partial charge in [-0.05, 0) is 25.1 Å². The highest BCUT2D eigenvalue weighted by atomic mass is 79.9. The van der Waals surface area contributed by atoms with Gasteiger partial charge in [0.1, 0.15) is 5.82 Å². The highest BCUT2D eigenvalue weighted by Gasteiger charge is 2.24. The summed E-state index contributed by atoms with van der Waals surface area (Å²) in [5, 5.41) is 0.0369. The molecule has 102 valence electrons. The normalized spacial score (nSPS) is 11.5. The third-order valence-corrected chi connectivity index (χ3v) is 4.82. The average Bonchev–Trinajstić information content (AvgIpc) is 2.76. The van der Waals surface area contributed by atoms with Crippen LogP contribution in [0.3, 0.4) is 0 Å². The monoisotopic (exact) mass is 344 g/mol. The van der Waals surface area contributed by atoms with Gasteiger partial charge in [0.2, 0.25) is 0 Å². The Kier molecular flexibility index (Phi) is 3.55. The Morgan fingerprint density at radius 3 is 2.63 bits per heavy atom. The fraction of sp³-hybridized carbons (Fsp3) is 0.182. The molecule has 0 saturated carbocycles. The number of H-pyrrole nitrogens is 1. The molecule has 0 aliphatic carbocycles. The quantitative estimate of drug-likeness (QED) is 0.831. The molecule has 2 rings (SSSR count). The molecular formula is C11H13BrN4O2S. The summed E-state index contributed by atoms with van der Waals surface area (Å²) in [6.07, 6.45) is 1.29. The molecule has 6 nitrogen and oxygen atoms in total. The van der Waals surface area contributed by atoms with E-state index < -0.39 is 10.0 Å². The van der Waals surface area contributed by atoms with E-state index in [0.717, 1.165) is 8.78 Å². The van der Waals surface area contributed by atoms with Gasteiger partial charge in [-0.25, -0.2) is 4.98 Å². The van der Waals surface area contributed by atoms with Crippen LogP contribution in [0.5, 0.6) is 0 Å². The number of rotatable bonds is 3. The van der Waals surface area contributed by atoms with E-state index >= 15 is 0 Å². The number of sulfonamides is 1. The van der Waals surface area contributed by atoms with Crippen LogP contribution in [0.4, 0.5) is 11.4 Å². The van der Waals surface area contributed by atoms with Gasteiger partial charge < -0.3 is 10.7 Å². The van der Waals surface area contributed by atoms with Crippen molar-refractivity contribution < 1.29 is 8.42 Å². The summed E-state index contributed by atoms with van der Waals surface area (Å²) in [5.41, 5.74) is 6.62. The zero-order valence-electron chi connectivity index (χ0n) is 10.4. The predicted molar refractivity (Wildman–Crippen MR) is 77.5 cm³/mol. The van der Waals surface area contributed by atoms with Gasteiger partial charge in [-0.2, -0.15) is 8.42 Å². The molecule has 0 spiro atoms. The summed E-state index contributed by atoms with van der Waals surface area (Å²) in [6.45, 7) is 1.69. The third kappa shape index (κ3) is 2.59. The first kappa shape index (κ1) is 13.9. The molecule has 0 bridgehead atoms. The van der Waals surface area contributed by atoms with Crippen molar-refractivity contribution in [2.24, 2.45) is 0 Å². The van der Waals surface area contributed by atoms with Crippen LogP contribution in [0.15, 0.2) is 33.9 Å². The number of aromatic nitrogens is 2. The predicted octanol–water partition coefficient (Wildman–Crippen LogP) is 1.89. The summed E-state index contributed by atoms with van der Waals surface area (Å²) in [5.74, 6) is 0.538. The van der Waals surface area contributed by atoms with Crippen molar-refractivity contribution in [3.8, 4) is 0 Å². The van der Waals surface area contributed by atoms with Gasteiger partial charge in [-0.15, -0.1) is 0 Å². The number of nitrogen functional groups attached to an aromatic ring is 1. The van der Waals surface area contributed by atoms with Gasteiger partial charge >= 0.3 is 0 Å². The minimum absolute atomic E-state index is 0.0369. The molecule has 0 fully saturated rings. The Hall–Kier alpha value is -1.54. The second-order valence-electron chi connectivity index (χ2n) is 4.01. The summed E-state index contributed by atoms with van der Waals surface area (Å²) >= 11 is 3.28. The van der Waals surface area contributed by atoms with Crippen LogP contribution in [-0.2, 0) is 10.0 Å². The van der Waals surface area contributed by atoms with Gasteiger partial charge in [0, 0.05) is 11.5 Å². The Balaban J connectivity index is 2.46. The Labute approximate surface area is 119 Å². The van der Waals surface area contributed by atoms with E-state index in [1.165, 1.54) is 13.2 Å². The Morgan fingerprint density at radius 2 is 2.11 bits per heavy atom. The van der Waals surface area contributed by atoms with Crippen LogP contribution in [-0.4, -0.2) is 25.4 Å². The Bertz CT molecular complexity index is 711. The van der Waals surface area contributed by atoms with E-state index in [2.05, 4.69) is 25.9 Å². The zero-order valence-corrected chi connectivity index (χ0v) is 12.8. The number of hydrogen-bond donors (Lipinski definition) is 2. The number of imidazole rings is 1. The minimum Gasteiger partial charge on any atom is -0.397 e. The number of nitrogens with two attached hydrogens (primary N) is 1. The molecular weight excluding hydrogens is 332 g/mol. The number of benzene rings is 1. The third-order valence-electron chi connectivity index (χ3n) is 2.65. The molecule has 0 radical (unpaired) electrons. The van der Waals surface area contributed by atoms with E-state index in [9.17, 15) is 8.42 Å². The molecule has 1 aromatic heterocycles. The number of aryl methyl sites for hydroxylation is 1. The smallest absolute Gasteiger partial charge is 0.281 e. The lowest BCUT2D eigenvalue weighted by Gasteiger charge is -2.20. The minimum atomic E-state index is -3.69. The molecule has 0 amide bonds. The van der Waals surface area contributed by atoms with E-state index in [0.29, 0.717) is 17.2 Å². The number of nitrogens with one attached hydrogen (secondary N) is 1. The molecule has 0 saturated heterocycles. The van der Waals surface area contributed by atoms with Gasteiger partial charge in [0.05, 0.1) is 17.6 Å². The van der Waals surface area contributed by atoms with Crippen LogP contribution in [0.1, 0.15) is 5.82 Å². The second kappa shape index (κ2) is 4.86. The van der Waals surface area contributed by atoms with E-state index in [-0.39, 0.29) is 5.03 Å². The fourth-order valence-electron chi connectivity index (χ4n) is 1.62. The van der Waals surface area contributed by atoms with E-state index in [1.807, 2.05) is 0 Å². The van der Waals surface area contributed by atoms with Crippen LogP contribution in [0, 0.1) is 6.92 Å². The van der Waals surface area contributed by atoms with Crippen molar-refractivity contribution in [1.82, 2.24) is 9.97 Å². The Morgan fingerprint density at radius 1 is 1.42 bits per heavy atom. The van der Waals surface area contributed by atoms with Crippen LogP contribution < -0.4 is 10.0 Å². The molecule has 2 aromatic rings. The van der Waals surface area contributed by atoms with E-state index in [4.69, 9.17) is 5.73 Å². The SMILES string of the molecule is Cc1ncc(S(=O)(=O)N(C)c2ccc(Br)cc2N)[nH]1. The number of nitrogens with zero attached hydrogens (tertiary/aromatic N) is 2. The largest absolute Gasteiger partial charge is 0.397 e. The van der Waals surface area contributed by atoms with Crippen molar-refractivity contribution >= 4 is 37.3 Å². The van der Waals surface area contributed by atoms with E-state index in [1.54, 1.807) is 25.1 Å². The number of halogens is 1. The van der Waals surface area contributed by atoms with Crippen LogP contribution >= 0.6 is 15.9 Å². The fourth-order valence-corrected chi connectivity index (χ4v) is 3.18. The maximum Gasteiger partial charge on any atom is 0.281 e. The zero-order chi connectivity index (χ0) is 14.2. The molecule has 8 heteroatoms. The molecule has 3 N–H and O–H groups in total. The van der Waals surface area contributed by atoms with Gasteiger partial charge in [-0.1, -0.05) is 15.9 Å². The lowest BCUT2D eigenvalue weighted by molar-refractivity contribution is 0.591. The average molecular weight is 345 g/mol. The lowest BCUT2D eigenvalue weighted by Crippen LogP contribution is -2.27. The van der Waals surface area contributed by atoms with Crippen molar-refractivity contribution in [2.75, 3.05) is 17.1 Å². The number of aromatic amines is 1. The number of anilines is 2. The summed E-state index contributed by atoms with van der Waals surface area (Å²) < 4.78 is 26.7. The highest BCUT2D eigenvalue weighted by Crippen LogP contribution is 2.29. The first-order chi connectivity index (χ1) is 8.82. The topological polar surface area (TPSA) is 92.1 Å². The summed E-state index contributed by atoms with van der Waals surface area (Å²) in [6, 6.07) is 5.02. The highest BCUT2D eigenvalue weighted by molar-refractivity contribution is 9.10. The summed E-state index contributed by atoms with van der Waals surface area (Å²) in [7, 11) is -2.24. The maximum absolute atomic E-state index is 12.4. The summed E-state index contributed by atoms with van der Waals surface area (Å²) in [4.78, 5) is 6.60. The van der Waals surface area contributed by atoms with Crippen molar-refractivity contribution in [2.45, 2.75) is 11.9 Å². The van der Waals surface area contributed by atoms with Gasteiger partial charge in [0.15, 0.2) is 5.03 Å². The lowest BCUT2D eigenvalue weighted by atomic mass is 10.3. The molecule has 0 unspecified atom stereocenters. The van der Waals surface area contributed by atoms with Crippen molar-refractivity contribution in [3.05, 3.63) is 34.7 Å². The molecule has 19 heavy (non-hydrogen) atoms.